The number of nitrogens with zero attached hydrogens (tertiary/aromatic N) is 1. The summed E-state index contributed by atoms with van der Waals surface area (Å²) in [6.45, 7) is 5.57. The molecule has 0 bridgehead atoms. The average Bonchev–Trinajstić information content (AvgIpc) is 2.23. The van der Waals surface area contributed by atoms with Crippen LogP contribution in [0.25, 0.3) is 0 Å². The van der Waals surface area contributed by atoms with Gasteiger partial charge in [0, 0.05) is 6.21 Å². The molecule has 1 aliphatic rings. The maximum Gasteiger partial charge on any atom is 0.340 e. The first-order valence-corrected chi connectivity index (χ1v) is 5.60. The molecule has 0 saturated carbocycles. The second-order valence-corrected chi connectivity index (χ2v) is 4.66. The van der Waals surface area contributed by atoms with Crippen LogP contribution in [0.15, 0.2) is 16.3 Å². The van der Waals surface area contributed by atoms with Gasteiger partial charge >= 0.3 is 5.97 Å². The van der Waals surface area contributed by atoms with Gasteiger partial charge in [0.2, 0.25) is 0 Å². The van der Waals surface area contributed by atoms with E-state index in [0.29, 0.717) is 12.8 Å². The largest absolute Gasteiger partial charge is 0.510 e. The number of amides is 1. The Bertz CT molecular complexity index is 409. The molecule has 0 spiro atoms. The molecule has 0 fully saturated rings. The van der Waals surface area contributed by atoms with E-state index in [1.807, 2.05) is 13.8 Å². The van der Waals surface area contributed by atoms with Crippen molar-refractivity contribution in [3.63, 3.8) is 0 Å². The summed E-state index contributed by atoms with van der Waals surface area (Å²) in [5.74, 6) is -1.93. The van der Waals surface area contributed by atoms with Gasteiger partial charge in [-0.15, -0.1) is 0 Å². The van der Waals surface area contributed by atoms with Crippen LogP contribution in [-0.4, -0.2) is 28.3 Å². The van der Waals surface area contributed by atoms with Crippen LogP contribution in [0.5, 0.6) is 0 Å². The number of carbonyl (C=O) groups is 2. The Morgan fingerprint density at radius 3 is 2.53 bits per heavy atom. The SMILES string of the molecule is CCC1(CC(C)C)C(=O)N=CC(C(=O)O)=C1O. The number of carboxylic acid groups (broad SMARTS) is 1. The fourth-order valence-electron chi connectivity index (χ4n) is 2.17. The molecule has 1 rings (SSSR count). The predicted octanol–water partition coefficient (Wildman–Crippen LogP) is 1.94. The summed E-state index contributed by atoms with van der Waals surface area (Å²) in [7, 11) is 0. The third kappa shape index (κ3) is 2.23. The monoisotopic (exact) mass is 239 g/mol. The van der Waals surface area contributed by atoms with Gasteiger partial charge in [-0.3, -0.25) is 4.79 Å². The van der Waals surface area contributed by atoms with Gasteiger partial charge in [-0.05, 0) is 18.8 Å². The van der Waals surface area contributed by atoms with Crippen LogP contribution < -0.4 is 0 Å². The number of hydrogen-bond donors (Lipinski definition) is 2. The zero-order chi connectivity index (χ0) is 13.2. The molecule has 1 aliphatic heterocycles. The molecular formula is C12H17NO4. The Kier molecular flexibility index (Phi) is 3.70. The molecular weight excluding hydrogens is 222 g/mol. The second kappa shape index (κ2) is 4.69. The van der Waals surface area contributed by atoms with Crippen molar-refractivity contribution >= 4 is 18.1 Å². The van der Waals surface area contributed by atoms with Gasteiger partial charge in [0.05, 0.1) is 0 Å². The minimum atomic E-state index is -1.26. The van der Waals surface area contributed by atoms with Gasteiger partial charge in [-0.25, -0.2) is 9.79 Å². The van der Waals surface area contributed by atoms with Crippen LogP contribution in [0.1, 0.15) is 33.6 Å². The molecule has 0 aromatic rings. The Hall–Kier alpha value is -1.65. The van der Waals surface area contributed by atoms with Crippen molar-refractivity contribution in [3.05, 3.63) is 11.3 Å². The Labute approximate surface area is 99.9 Å². The summed E-state index contributed by atoms with van der Waals surface area (Å²) >= 11 is 0. The normalized spacial score (nSPS) is 24.6. The second-order valence-electron chi connectivity index (χ2n) is 4.66. The summed E-state index contributed by atoms with van der Waals surface area (Å²) in [6.07, 6.45) is 1.65. The van der Waals surface area contributed by atoms with Gasteiger partial charge in [0.1, 0.15) is 16.7 Å². The highest BCUT2D eigenvalue weighted by molar-refractivity contribution is 6.15. The fourth-order valence-corrected chi connectivity index (χ4v) is 2.17. The molecule has 2 N–H and O–H groups in total. The minimum absolute atomic E-state index is 0.157. The first kappa shape index (κ1) is 13.4. The molecule has 5 heteroatoms. The molecule has 17 heavy (non-hydrogen) atoms. The zero-order valence-corrected chi connectivity index (χ0v) is 10.2. The zero-order valence-electron chi connectivity index (χ0n) is 10.2. The van der Waals surface area contributed by atoms with E-state index in [9.17, 15) is 14.7 Å². The lowest BCUT2D eigenvalue weighted by molar-refractivity contribution is -0.132. The molecule has 94 valence electrons. The van der Waals surface area contributed by atoms with Crippen LogP contribution >= 0.6 is 0 Å². The molecule has 0 saturated heterocycles. The van der Waals surface area contributed by atoms with E-state index in [1.165, 1.54) is 0 Å². The van der Waals surface area contributed by atoms with Gasteiger partial charge in [0.15, 0.2) is 0 Å². The standard InChI is InChI=1S/C12H17NO4/c1-4-12(5-7(2)3)9(14)8(10(15)16)6-13-11(12)17/h6-7,14H,4-5H2,1-3H3,(H,15,16). The molecule has 0 radical (unpaired) electrons. The lowest BCUT2D eigenvalue weighted by Gasteiger charge is -2.32. The van der Waals surface area contributed by atoms with E-state index in [2.05, 4.69) is 4.99 Å². The van der Waals surface area contributed by atoms with E-state index in [0.717, 1.165) is 6.21 Å². The quantitative estimate of drug-likeness (QED) is 0.784. The van der Waals surface area contributed by atoms with Crippen LogP contribution in [-0.2, 0) is 9.59 Å². The number of carboxylic acids is 1. The number of rotatable bonds is 4. The fraction of sp³-hybridized carbons (Fsp3) is 0.583. The highest BCUT2D eigenvalue weighted by atomic mass is 16.4. The number of hydrogen-bond acceptors (Lipinski definition) is 3. The van der Waals surface area contributed by atoms with Crippen molar-refractivity contribution in [2.24, 2.45) is 16.3 Å². The maximum atomic E-state index is 11.9. The van der Waals surface area contributed by atoms with Crippen LogP contribution in [0.4, 0.5) is 0 Å². The Morgan fingerprint density at radius 1 is 1.53 bits per heavy atom. The van der Waals surface area contributed by atoms with E-state index in [4.69, 9.17) is 5.11 Å². The average molecular weight is 239 g/mol. The molecule has 1 unspecified atom stereocenters. The van der Waals surface area contributed by atoms with E-state index in [-0.39, 0.29) is 17.3 Å². The molecule has 1 atom stereocenters. The molecule has 0 aromatic carbocycles. The minimum Gasteiger partial charge on any atom is -0.510 e. The van der Waals surface area contributed by atoms with Crippen LogP contribution in [0.3, 0.4) is 0 Å². The van der Waals surface area contributed by atoms with Crippen molar-refractivity contribution < 1.29 is 19.8 Å². The summed E-state index contributed by atoms with van der Waals surface area (Å²) in [5, 5.41) is 19.0. The number of aliphatic hydroxyl groups is 1. The topological polar surface area (TPSA) is 87.0 Å². The van der Waals surface area contributed by atoms with E-state index in [1.54, 1.807) is 6.92 Å². The van der Waals surface area contributed by atoms with Crippen LogP contribution in [0, 0.1) is 11.3 Å². The van der Waals surface area contributed by atoms with E-state index >= 15 is 0 Å². The first-order valence-electron chi connectivity index (χ1n) is 5.60. The molecule has 0 aliphatic carbocycles. The molecule has 1 amide bonds. The third-order valence-electron chi connectivity index (χ3n) is 3.02. The van der Waals surface area contributed by atoms with Gasteiger partial charge in [-0.2, -0.15) is 0 Å². The highest BCUT2D eigenvalue weighted by Gasteiger charge is 2.45. The Morgan fingerprint density at radius 2 is 2.12 bits per heavy atom. The number of aliphatic imine (C=N–C) groups is 1. The lowest BCUT2D eigenvalue weighted by atomic mass is 9.73. The van der Waals surface area contributed by atoms with E-state index < -0.39 is 17.3 Å². The van der Waals surface area contributed by atoms with Crippen molar-refractivity contribution in [1.82, 2.24) is 0 Å². The smallest absolute Gasteiger partial charge is 0.340 e. The number of aliphatic carboxylic acids is 1. The number of aliphatic hydroxyl groups excluding tert-OH is 1. The van der Waals surface area contributed by atoms with Crippen LogP contribution in [0.2, 0.25) is 0 Å². The summed E-state index contributed by atoms with van der Waals surface area (Å²) in [5.41, 5.74) is -1.46. The summed E-state index contributed by atoms with van der Waals surface area (Å²) < 4.78 is 0. The third-order valence-corrected chi connectivity index (χ3v) is 3.02. The Balaban J connectivity index is 3.31. The molecule has 5 nitrogen and oxygen atoms in total. The van der Waals surface area contributed by atoms with Gasteiger partial charge in [0.25, 0.3) is 5.91 Å². The first-order chi connectivity index (χ1) is 7.85. The van der Waals surface area contributed by atoms with Crippen molar-refractivity contribution in [3.8, 4) is 0 Å². The molecule has 0 aromatic heterocycles. The van der Waals surface area contributed by atoms with Crippen molar-refractivity contribution in [2.75, 3.05) is 0 Å². The summed E-state index contributed by atoms with van der Waals surface area (Å²) in [4.78, 5) is 26.4. The lowest BCUT2D eigenvalue weighted by Crippen LogP contribution is -2.37. The van der Waals surface area contributed by atoms with Gasteiger partial charge < -0.3 is 10.2 Å². The highest BCUT2D eigenvalue weighted by Crippen LogP contribution is 2.41. The number of dihydropyridines is 1. The molecule has 1 heterocycles. The predicted molar refractivity (Wildman–Crippen MR) is 63.0 cm³/mol. The van der Waals surface area contributed by atoms with Crippen molar-refractivity contribution in [2.45, 2.75) is 33.6 Å². The van der Waals surface area contributed by atoms with Crippen molar-refractivity contribution in [1.29, 1.82) is 0 Å². The number of carbonyl (C=O) groups excluding carboxylic acids is 1. The summed E-state index contributed by atoms with van der Waals surface area (Å²) in [6, 6.07) is 0. The maximum absolute atomic E-state index is 11.9. The van der Waals surface area contributed by atoms with Gasteiger partial charge in [-0.1, -0.05) is 20.8 Å².